The van der Waals surface area contributed by atoms with Gasteiger partial charge >= 0.3 is 65.1 Å². The number of hydrogen-bond donors (Lipinski definition) is 0. The van der Waals surface area contributed by atoms with Crippen LogP contribution in [0.2, 0.25) is 0 Å². The molecule has 0 amide bonds. The van der Waals surface area contributed by atoms with Crippen LogP contribution in [0.5, 0.6) is 0 Å². The molecule has 0 aliphatic heterocycles. The van der Waals surface area contributed by atoms with Crippen molar-refractivity contribution in [1.29, 1.82) is 0 Å². The van der Waals surface area contributed by atoms with E-state index in [1.807, 2.05) is 24.3 Å². The van der Waals surface area contributed by atoms with E-state index < -0.39 is 0 Å². The van der Waals surface area contributed by atoms with Crippen LogP contribution < -0.4 is 4.46 Å². The first-order valence-corrected chi connectivity index (χ1v) is 3.97. The SMILES string of the molecule is [SeH]c1ccccc1Br. The molecule has 2 heteroatoms. The standard InChI is InChI=1S/C6H5BrSe/c7-5-3-1-2-4-6(5)8/h1-4,8H. The molecule has 0 saturated carbocycles. The van der Waals surface area contributed by atoms with Gasteiger partial charge in [-0.25, -0.2) is 0 Å². The summed E-state index contributed by atoms with van der Waals surface area (Å²) in [6.07, 6.45) is 0. The van der Waals surface area contributed by atoms with Crippen LogP contribution in [-0.2, 0) is 0 Å². The Morgan fingerprint density at radius 2 is 1.88 bits per heavy atom. The minimum absolute atomic E-state index is 1.15. The molecule has 0 fully saturated rings. The van der Waals surface area contributed by atoms with Gasteiger partial charge in [0.15, 0.2) is 0 Å². The Morgan fingerprint density at radius 1 is 1.25 bits per heavy atom. The third kappa shape index (κ3) is 1.35. The van der Waals surface area contributed by atoms with Crippen molar-refractivity contribution in [1.82, 2.24) is 0 Å². The van der Waals surface area contributed by atoms with Crippen molar-refractivity contribution in [2.75, 3.05) is 0 Å². The summed E-state index contributed by atoms with van der Waals surface area (Å²) in [5.41, 5.74) is 0. The van der Waals surface area contributed by atoms with Crippen molar-refractivity contribution >= 4 is 36.4 Å². The van der Waals surface area contributed by atoms with Crippen LogP contribution in [0.15, 0.2) is 28.7 Å². The van der Waals surface area contributed by atoms with Gasteiger partial charge in [0, 0.05) is 0 Å². The Hall–Kier alpha value is 0.219. The molecule has 0 aliphatic carbocycles. The van der Waals surface area contributed by atoms with Crippen LogP contribution in [0.3, 0.4) is 0 Å². The molecule has 1 aromatic carbocycles. The van der Waals surface area contributed by atoms with E-state index in [0.717, 1.165) is 4.47 Å². The molecule has 1 rings (SSSR count). The second-order valence-corrected chi connectivity index (χ2v) is 3.32. The fourth-order valence-electron chi connectivity index (χ4n) is 0.452. The van der Waals surface area contributed by atoms with Crippen molar-refractivity contribution in [2.24, 2.45) is 0 Å². The summed E-state index contributed by atoms with van der Waals surface area (Å²) in [6, 6.07) is 8.08. The van der Waals surface area contributed by atoms with Gasteiger partial charge in [0.1, 0.15) is 0 Å². The molecule has 0 aromatic heterocycles. The van der Waals surface area contributed by atoms with Crippen molar-refractivity contribution in [2.45, 2.75) is 0 Å². The first-order chi connectivity index (χ1) is 3.80. The van der Waals surface area contributed by atoms with Gasteiger partial charge in [-0.1, -0.05) is 0 Å². The number of rotatable bonds is 0. The molecule has 0 unspecified atom stereocenters. The topological polar surface area (TPSA) is 0 Å². The second-order valence-electron chi connectivity index (χ2n) is 1.45. The van der Waals surface area contributed by atoms with Crippen LogP contribution in [0.1, 0.15) is 0 Å². The zero-order valence-electron chi connectivity index (χ0n) is 4.13. The van der Waals surface area contributed by atoms with Gasteiger partial charge in [0.25, 0.3) is 0 Å². The predicted molar refractivity (Wildman–Crippen MR) is 40.9 cm³/mol. The third-order valence-corrected chi connectivity index (χ3v) is 3.03. The average molecular weight is 236 g/mol. The Bertz CT molecular complexity index is 165. The van der Waals surface area contributed by atoms with Crippen molar-refractivity contribution < 1.29 is 0 Å². The first-order valence-electron chi connectivity index (χ1n) is 2.24. The molecule has 0 heterocycles. The van der Waals surface area contributed by atoms with Gasteiger partial charge in [-0.15, -0.1) is 0 Å². The van der Waals surface area contributed by atoms with Crippen molar-refractivity contribution in [3.8, 4) is 0 Å². The van der Waals surface area contributed by atoms with Crippen LogP contribution >= 0.6 is 15.9 Å². The number of benzene rings is 1. The van der Waals surface area contributed by atoms with Gasteiger partial charge in [0.2, 0.25) is 0 Å². The van der Waals surface area contributed by atoms with Gasteiger partial charge < -0.3 is 0 Å². The van der Waals surface area contributed by atoms with E-state index >= 15 is 0 Å². The molecule has 0 saturated heterocycles. The van der Waals surface area contributed by atoms with Crippen molar-refractivity contribution in [3.05, 3.63) is 28.7 Å². The fourth-order valence-corrected chi connectivity index (χ4v) is 1.07. The summed E-state index contributed by atoms with van der Waals surface area (Å²) >= 11 is 5.88. The molecule has 0 bridgehead atoms. The summed E-state index contributed by atoms with van der Waals surface area (Å²) in [6.45, 7) is 0. The molecule has 42 valence electrons. The Morgan fingerprint density at radius 3 is 2.25 bits per heavy atom. The van der Waals surface area contributed by atoms with Gasteiger partial charge in [-0.3, -0.25) is 0 Å². The molecule has 0 N–H and O–H groups in total. The first kappa shape index (κ1) is 6.34. The van der Waals surface area contributed by atoms with Crippen LogP contribution in [0, 0.1) is 0 Å². The molecular formula is C6H5BrSe. The summed E-state index contributed by atoms with van der Waals surface area (Å²) in [5, 5.41) is 0. The molecule has 0 nitrogen and oxygen atoms in total. The van der Waals surface area contributed by atoms with Gasteiger partial charge in [-0.05, 0) is 0 Å². The van der Waals surface area contributed by atoms with E-state index in [-0.39, 0.29) is 0 Å². The second kappa shape index (κ2) is 2.67. The monoisotopic (exact) mass is 236 g/mol. The third-order valence-electron chi connectivity index (χ3n) is 0.852. The minimum atomic E-state index is 1.15. The summed E-state index contributed by atoms with van der Waals surface area (Å²) in [5.74, 6) is 0. The maximum atomic E-state index is 3.38. The zero-order valence-corrected chi connectivity index (χ0v) is 7.60. The molecule has 0 radical (unpaired) electrons. The van der Waals surface area contributed by atoms with E-state index in [1.165, 1.54) is 4.46 Å². The molecular weight excluding hydrogens is 231 g/mol. The van der Waals surface area contributed by atoms with E-state index in [1.54, 1.807) is 0 Å². The zero-order chi connectivity index (χ0) is 5.98. The molecule has 0 atom stereocenters. The van der Waals surface area contributed by atoms with Crippen LogP contribution in [0.4, 0.5) is 0 Å². The van der Waals surface area contributed by atoms with E-state index in [0.29, 0.717) is 0 Å². The van der Waals surface area contributed by atoms with Crippen molar-refractivity contribution in [3.63, 3.8) is 0 Å². The molecule has 8 heavy (non-hydrogen) atoms. The Balaban J connectivity index is 3.13. The summed E-state index contributed by atoms with van der Waals surface area (Å²) in [4.78, 5) is 0. The molecule has 0 aliphatic rings. The Labute approximate surface area is 65.2 Å². The van der Waals surface area contributed by atoms with Crippen LogP contribution in [-0.4, -0.2) is 16.0 Å². The van der Waals surface area contributed by atoms with E-state index in [2.05, 4.69) is 31.9 Å². The fraction of sp³-hybridized carbons (Fsp3) is 0. The van der Waals surface area contributed by atoms with Crippen LogP contribution in [0.25, 0.3) is 0 Å². The summed E-state index contributed by atoms with van der Waals surface area (Å²) < 4.78 is 2.38. The van der Waals surface area contributed by atoms with E-state index in [9.17, 15) is 0 Å². The average Bonchev–Trinajstić information content (AvgIpc) is 1.77. The Kier molecular flexibility index (Phi) is 2.12. The predicted octanol–water partition coefficient (Wildman–Crippen LogP) is 0.975. The maximum absolute atomic E-state index is 3.38. The summed E-state index contributed by atoms with van der Waals surface area (Å²) in [7, 11) is 0. The molecule has 0 spiro atoms. The number of hydrogen-bond acceptors (Lipinski definition) is 0. The van der Waals surface area contributed by atoms with E-state index in [4.69, 9.17) is 0 Å². The quantitative estimate of drug-likeness (QED) is 0.589. The number of halogens is 1. The van der Waals surface area contributed by atoms with Gasteiger partial charge in [-0.2, -0.15) is 0 Å². The normalized spacial score (nSPS) is 9.25. The molecule has 1 aromatic rings. The van der Waals surface area contributed by atoms with Gasteiger partial charge in [0.05, 0.1) is 0 Å².